The Bertz CT molecular complexity index is 578. The van der Waals surface area contributed by atoms with Crippen molar-refractivity contribution in [3.63, 3.8) is 0 Å². The third-order valence-corrected chi connectivity index (χ3v) is 2.94. The molecule has 0 heterocycles. The van der Waals surface area contributed by atoms with Crippen LogP contribution in [-0.2, 0) is 6.54 Å². The van der Waals surface area contributed by atoms with Crippen molar-refractivity contribution in [3.8, 4) is 0 Å². The summed E-state index contributed by atoms with van der Waals surface area (Å²) in [4.78, 5) is 13.8. The number of halogens is 1. The molecule has 0 aliphatic rings. The number of rotatable bonds is 3. The van der Waals surface area contributed by atoms with Crippen molar-refractivity contribution < 1.29 is 9.18 Å². The predicted molar refractivity (Wildman–Crippen MR) is 73.4 cm³/mol. The molecule has 0 atom stereocenters. The quantitative estimate of drug-likeness (QED) is 0.825. The second kappa shape index (κ2) is 5.65. The fraction of sp³-hybridized carbons (Fsp3) is 0.188. The van der Waals surface area contributed by atoms with Gasteiger partial charge in [0.15, 0.2) is 0 Å². The smallest absolute Gasteiger partial charge is 0.253 e. The van der Waals surface area contributed by atoms with Gasteiger partial charge in [-0.15, -0.1) is 0 Å². The normalized spacial score (nSPS) is 10.3. The van der Waals surface area contributed by atoms with E-state index in [0.717, 1.165) is 5.56 Å². The topological polar surface area (TPSA) is 20.3 Å². The van der Waals surface area contributed by atoms with Crippen LogP contribution in [0.3, 0.4) is 0 Å². The molecule has 0 aromatic heterocycles. The number of carbonyl (C=O) groups is 1. The maximum atomic E-state index is 12.8. The average Bonchev–Trinajstić information content (AvgIpc) is 2.39. The Morgan fingerprint density at radius 1 is 1.16 bits per heavy atom. The molecule has 0 radical (unpaired) electrons. The van der Waals surface area contributed by atoms with E-state index in [4.69, 9.17) is 0 Å². The van der Waals surface area contributed by atoms with Gasteiger partial charge in [-0.2, -0.15) is 0 Å². The first-order valence-electron chi connectivity index (χ1n) is 6.13. The minimum atomic E-state index is -0.335. The van der Waals surface area contributed by atoms with Crippen molar-refractivity contribution >= 4 is 5.91 Å². The SMILES string of the molecule is Cc1cccc(CN(C)C(=O)c2ccc(F)cc2)c1. The first kappa shape index (κ1) is 13.3. The van der Waals surface area contributed by atoms with Crippen LogP contribution in [0.4, 0.5) is 4.39 Å². The monoisotopic (exact) mass is 257 g/mol. The van der Waals surface area contributed by atoms with Gasteiger partial charge in [0.05, 0.1) is 0 Å². The number of amides is 1. The highest BCUT2D eigenvalue weighted by molar-refractivity contribution is 5.93. The molecule has 0 aliphatic heterocycles. The summed E-state index contributed by atoms with van der Waals surface area (Å²) in [5.74, 6) is -0.445. The van der Waals surface area contributed by atoms with Crippen LogP contribution in [0.15, 0.2) is 48.5 Å². The van der Waals surface area contributed by atoms with E-state index in [1.807, 2.05) is 25.1 Å². The Kier molecular flexibility index (Phi) is 3.95. The van der Waals surface area contributed by atoms with E-state index in [0.29, 0.717) is 12.1 Å². The second-order valence-corrected chi connectivity index (χ2v) is 4.66. The molecular formula is C16H16FNO. The first-order valence-corrected chi connectivity index (χ1v) is 6.13. The third-order valence-electron chi connectivity index (χ3n) is 2.94. The van der Waals surface area contributed by atoms with Gasteiger partial charge in [0.25, 0.3) is 5.91 Å². The van der Waals surface area contributed by atoms with E-state index < -0.39 is 0 Å². The summed E-state index contributed by atoms with van der Waals surface area (Å²) in [5, 5.41) is 0. The minimum absolute atomic E-state index is 0.110. The lowest BCUT2D eigenvalue weighted by molar-refractivity contribution is 0.0785. The van der Waals surface area contributed by atoms with Gasteiger partial charge < -0.3 is 4.90 Å². The van der Waals surface area contributed by atoms with Crippen molar-refractivity contribution in [2.24, 2.45) is 0 Å². The maximum absolute atomic E-state index is 12.8. The molecular weight excluding hydrogens is 241 g/mol. The predicted octanol–water partition coefficient (Wildman–Crippen LogP) is 3.41. The molecule has 2 rings (SSSR count). The van der Waals surface area contributed by atoms with Crippen molar-refractivity contribution in [3.05, 3.63) is 71.0 Å². The molecule has 0 bridgehead atoms. The Morgan fingerprint density at radius 2 is 1.84 bits per heavy atom. The van der Waals surface area contributed by atoms with Gasteiger partial charge in [-0.1, -0.05) is 29.8 Å². The van der Waals surface area contributed by atoms with Gasteiger partial charge in [-0.3, -0.25) is 4.79 Å². The van der Waals surface area contributed by atoms with Crippen LogP contribution in [0.2, 0.25) is 0 Å². The molecule has 0 aliphatic carbocycles. The second-order valence-electron chi connectivity index (χ2n) is 4.66. The van der Waals surface area contributed by atoms with Gasteiger partial charge in [0.1, 0.15) is 5.82 Å². The molecule has 2 nitrogen and oxygen atoms in total. The van der Waals surface area contributed by atoms with E-state index in [9.17, 15) is 9.18 Å². The zero-order chi connectivity index (χ0) is 13.8. The van der Waals surface area contributed by atoms with Crippen LogP contribution in [0.5, 0.6) is 0 Å². The van der Waals surface area contributed by atoms with E-state index in [-0.39, 0.29) is 11.7 Å². The summed E-state index contributed by atoms with van der Waals surface area (Å²) in [6.45, 7) is 2.56. The summed E-state index contributed by atoms with van der Waals surface area (Å²) in [6, 6.07) is 13.6. The maximum Gasteiger partial charge on any atom is 0.253 e. The van der Waals surface area contributed by atoms with E-state index in [1.54, 1.807) is 11.9 Å². The average molecular weight is 257 g/mol. The third kappa shape index (κ3) is 3.41. The fourth-order valence-electron chi connectivity index (χ4n) is 1.97. The molecule has 0 fully saturated rings. The lowest BCUT2D eigenvalue weighted by Gasteiger charge is -2.17. The van der Waals surface area contributed by atoms with Crippen LogP contribution in [0, 0.1) is 12.7 Å². The fourth-order valence-corrected chi connectivity index (χ4v) is 1.97. The highest BCUT2D eigenvalue weighted by atomic mass is 19.1. The highest BCUT2D eigenvalue weighted by Gasteiger charge is 2.11. The largest absolute Gasteiger partial charge is 0.337 e. The molecule has 0 saturated carbocycles. The van der Waals surface area contributed by atoms with Crippen molar-refractivity contribution in [2.75, 3.05) is 7.05 Å². The Morgan fingerprint density at radius 3 is 2.47 bits per heavy atom. The number of benzene rings is 2. The molecule has 0 N–H and O–H groups in total. The molecule has 2 aromatic carbocycles. The molecule has 2 aromatic rings. The molecule has 3 heteroatoms. The zero-order valence-electron chi connectivity index (χ0n) is 11.1. The van der Waals surface area contributed by atoms with Gasteiger partial charge >= 0.3 is 0 Å². The standard InChI is InChI=1S/C16H16FNO/c1-12-4-3-5-13(10-12)11-18(2)16(19)14-6-8-15(17)9-7-14/h3-10H,11H2,1-2H3. The summed E-state index contributed by atoms with van der Waals surface area (Å²) < 4.78 is 12.8. The molecule has 0 saturated heterocycles. The number of carbonyl (C=O) groups excluding carboxylic acids is 1. The molecule has 0 spiro atoms. The van der Waals surface area contributed by atoms with Crippen LogP contribution in [0.25, 0.3) is 0 Å². The lowest BCUT2D eigenvalue weighted by Crippen LogP contribution is -2.26. The summed E-state index contributed by atoms with van der Waals surface area (Å²) in [6.07, 6.45) is 0. The van der Waals surface area contributed by atoms with Crippen LogP contribution in [0.1, 0.15) is 21.5 Å². The van der Waals surface area contributed by atoms with Gasteiger partial charge in [0, 0.05) is 19.2 Å². The molecule has 1 amide bonds. The summed E-state index contributed by atoms with van der Waals surface area (Å²) in [7, 11) is 1.74. The number of hydrogen-bond acceptors (Lipinski definition) is 1. The van der Waals surface area contributed by atoms with Gasteiger partial charge in [-0.05, 0) is 36.8 Å². The highest BCUT2D eigenvalue weighted by Crippen LogP contribution is 2.10. The molecule has 19 heavy (non-hydrogen) atoms. The number of aryl methyl sites for hydroxylation is 1. The van der Waals surface area contributed by atoms with Crippen molar-refractivity contribution in [2.45, 2.75) is 13.5 Å². The molecule has 0 unspecified atom stereocenters. The van der Waals surface area contributed by atoms with Crippen LogP contribution in [-0.4, -0.2) is 17.9 Å². The van der Waals surface area contributed by atoms with E-state index >= 15 is 0 Å². The molecule has 98 valence electrons. The minimum Gasteiger partial charge on any atom is -0.337 e. The summed E-state index contributed by atoms with van der Waals surface area (Å²) in [5.41, 5.74) is 2.75. The zero-order valence-corrected chi connectivity index (χ0v) is 11.1. The van der Waals surface area contributed by atoms with E-state index in [1.165, 1.54) is 29.8 Å². The first-order chi connectivity index (χ1) is 9.06. The summed E-state index contributed by atoms with van der Waals surface area (Å²) >= 11 is 0. The van der Waals surface area contributed by atoms with E-state index in [2.05, 4.69) is 6.07 Å². The Labute approximate surface area is 112 Å². The Hall–Kier alpha value is -2.16. The number of hydrogen-bond donors (Lipinski definition) is 0. The van der Waals surface area contributed by atoms with Crippen molar-refractivity contribution in [1.29, 1.82) is 0 Å². The van der Waals surface area contributed by atoms with Crippen LogP contribution >= 0.6 is 0 Å². The van der Waals surface area contributed by atoms with Crippen molar-refractivity contribution in [1.82, 2.24) is 4.90 Å². The Balaban J connectivity index is 2.09. The number of nitrogens with zero attached hydrogens (tertiary/aromatic N) is 1. The van der Waals surface area contributed by atoms with Gasteiger partial charge in [-0.25, -0.2) is 4.39 Å². The van der Waals surface area contributed by atoms with Gasteiger partial charge in [0.2, 0.25) is 0 Å². The lowest BCUT2D eigenvalue weighted by atomic mass is 10.1. The van der Waals surface area contributed by atoms with Crippen LogP contribution < -0.4 is 0 Å².